The van der Waals surface area contributed by atoms with Crippen LogP contribution in [0.5, 0.6) is 5.75 Å². The average molecular weight is 413 g/mol. The van der Waals surface area contributed by atoms with E-state index in [9.17, 15) is 4.79 Å². The lowest BCUT2D eigenvalue weighted by molar-refractivity contribution is -0.118. The second-order valence-corrected chi connectivity index (χ2v) is 7.58. The van der Waals surface area contributed by atoms with Gasteiger partial charge in [0.1, 0.15) is 12.4 Å². The lowest BCUT2D eigenvalue weighted by atomic mass is 10.3. The molecule has 138 valence electrons. The molecule has 2 aromatic rings. The molecule has 0 unspecified atom stereocenters. The predicted molar refractivity (Wildman–Crippen MR) is 103 cm³/mol. The zero-order valence-corrected chi connectivity index (χ0v) is 16.3. The number of rotatable bonds is 9. The first-order valence-corrected chi connectivity index (χ1v) is 9.84. The summed E-state index contributed by atoms with van der Waals surface area (Å²) in [6, 6.07) is 5.36. The molecule has 1 aliphatic rings. The van der Waals surface area contributed by atoms with Gasteiger partial charge in [-0.2, -0.15) is 0 Å². The lowest BCUT2D eigenvalue weighted by Crippen LogP contribution is -2.27. The topological polar surface area (TPSA) is 69.0 Å². The number of carbonyl (C=O) groups excluding carboxylic acids is 1. The van der Waals surface area contributed by atoms with Crippen molar-refractivity contribution < 1.29 is 9.53 Å². The fraction of sp³-hybridized carbons (Fsp3) is 0.353. The number of allylic oxidation sites excluding steroid dienone is 1. The lowest BCUT2D eigenvalue weighted by Gasteiger charge is -2.10. The first kappa shape index (κ1) is 19.1. The molecule has 1 aromatic carbocycles. The minimum absolute atomic E-state index is 0.00848. The zero-order valence-electron chi connectivity index (χ0n) is 14.0. The molecular formula is C17H18Cl2N4O2S. The normalized spacial score (nSPS) is 13.5. The molecule has 3 rings (SSSR count). The van der Waals surface area contributed by atoms with Crippen molar-refractivity contribution >= 4 is 40.9 Å². The minimum Gasteiger partial charge on any atom is -0.484 e. The average Bonchev–Trinajstić information content (AvgIpc) is 3.35. The SMILES string of the molecule is C=CCn1c(COc2cc(Cl)ccc2Cl)nnc1SCC(=O)NC1CC1. The van der Waals surface area contributed by atoms with Gasteiger partial charge < -0.3 is 10.1 Å². The van der Waals surface area contributed by atoms with E-state index in [1.165, 1.54) is 11.8 Å². The van der Waals surface area contributed by atoms with Gasteiger partial charge in [0.2, 0.25) is 5.91 Å². The Morgan fingerprint density at radius 3 is 2.96 bits per heavy atom. The van der Waals surface area contributed by atoms with E-state index < -0.39 is 0 Å². The zero-order chi connectivity index (χ0) is 18.5. The fourth-order valence-corrected chi connectivity index (χ4v) is 3.31. The van der Waals surface area contributed by atoms with Crippen molar-refractivity contribution in [1.29, 1.82) is 0 Å². The van der Waals surface area contributed by atoms with Crippen LogP contribution in [0.3, 0.4) is 0 Å². The Balaban J connectivity index is 1.64. The molecular weight excluding hydrogens is 395 g/mol. The summed E-state index contributed by atoms with van der Waals surface area (Å²) < 4.78 is 7.59. The third kappa shape index (κ3) is 5.16. The van der Waals surface area contributed by atoms with Gasteiger partial charge in [0.25, 0.3) is 0 Å². The third-order valence-electron chi connectivity index (χ3n) is 3.63. The molecule has 0 saturated heterocycles. The monoisotopic (exact) mass is 412 g/mol. The first-order chi connectivity index (χ1) is 12.6. The number of thioether (sulfide) groups is 1. The van der Waals surface area contributed by atoms with Crippen LogP contribution in [0.4, 0.5) is 0 Å². The minimum atomic E-state index is 0.00848. The fourth-order valence-electron chi connectivity index (χ4n) is 2.20. The van der Waals surface area contributed by atoms with Gasteiger partial charge in [0, 0.05) is 23.7 Å². The van der Waals surface area contributed by atoms with Gasteiger partial charge in [-0.25, -0.2) is 0 Å². The molecule has 0 bridgehead atoms. The Morgan fingerprint density at radius 1 is 1.42 bits per heavy atom. The number of ether oxygens (including phenoxy) is 1. The van der Waals surface area contributed by atoms with Gasteiger partial charge in [-0.3, -0.25) is 9.36 Å². The van der Waals surface area contributed by atoms with Crippen molar-refractivity contribution in [3.8, 4) is 5.75 Å². The maximum Gasteiger partial charge on any atom is 0.230 e. The maximum absolute atomic E-state index is 11.9. The van der Waals surface area contributed by atoms with E-state index in [2.05, 4.69) is 22.1 Å². The van der Waals surface area contributed by atoms with Gasteiger partial charge in [-0.15, -0.1) is 16.8 Å². The molecule has 0 radical (unpaired) electrons. The smallest absolute Gasteiger partial charge is 0.230 e. The van der Waals surface area contributed by atoms with Gasteiger partial charge in [-0.1, -0.05) is 41.0 Å². The highest BCUT2D eigenvalue weighted by Gasteiger charge is 2.23. The van der Waals surface area contributed by atoms with Gasteiger partial charge in [0.15, 0.2) is 11.0 Å². The number of hydrogen-bond acceptors (Lipinski definition) is 5. The number of carbonyl (C=O) groups is 1. The molecule has 1 saturated carbocycles. The van der Waals surface area contributed by atoms with Crippen molar-refractivity contribution in [3.05, 3.63) is 46.7 Å². The summed E-state index contributed by atoms with van der Waals surface area (Å²) in [7, 11) is 0. The van der Waals surface area contributed by atoms with Gasteiger partial charge in [0.05, 0.1) is 10.8 Å². The van der Waals surface area contributed by atoms with E-state index in [1.807, 2.05) is 4.57 Å². The van der Waals surface area contributed by atoms with E-state index in [-0.39, 0.29) is 12.5 Å². The van der Waals surface area contributed by atoms with Crippen molar-refractivity contribution in [1.82, 2.24) is 20.1 Å². The van der Waals surface area contributed by atoms with Gasteiger partial charge >= 0.3 is 0 Å². The molecule has 0 aliphatic heterocycles. The van der Waals surface area contributed by atoms with Crippen molar-refractivity contribution in [2.45, 2.75) is 37.2 Å². The van der Waals surface area contributed by atoms with Crippen molar-refractivity contribution in [3.63, 3.8) is 0 Å². The summed E-state index contributed by atoms with van der Waals surface area (Å²) >= 11 is 13.4. The van der Waals surface area contributed by atoms with E-state index in [1.54, 1.807) is 24.3 Å². The van der Waals surface area contributed by atoms with Crippen molar-refractivity contribution in [2.24, 2.45) is 0 Å². The van der Waals surface area contributed by atoms with Crippen LogP contribution in [0.1, 0.15) is 18.7 Å². The molecule has 0 spiro atoms. The number of halogens is 2. The standard InChI is InChI=1S/C17H18Cl2N4O2S/c1-2-7-23-15(9-25-14-8-11(18)3-6-13(14)19)21-22-17(23)26-10-16(24)20-12-4-5-12/h2-3,6,8,12H,1,4-5,7,9-10H2,(H,20,24). The van der Waals surface area contributed by atoms with Crippen LogP contribution in [-0.4, -0.2) is 32.5 Å². The maximum atomic E-state index is 11.9. The van der Waals surface area contributed by atoms with Gasteiger partial charge in [-0.05, 0) is 25.0 Å². The number of hydrogen-bond donors (Lipinski definition) is 1. The number of aromatic nitrogens is 3. The predicted octanol–water partition coefficient (Wildman–Crippen LogP) is 3.72. The van der Waals surface area contributed by atoms with Crippen molar-refractivity contribution in [2.75, 3.05) is 5.75 Å². The number of amides is 1. The van der Waals surface area contributed by atoms with Crippen LogP contribution in [-0.2, 0) is 17.9 Å². The van der Waals surface area contributed by atoms with E-state index >= 15 is 0 Å². The molecule has 26 heavy (non-hydrogen) atoms. The van der Waals surface area contributed by atoms with Crippen LogP contribution in [0.25, 0.3) is 0 Å². The Morgan fingerprint density at radius 2 is 2.23 bits per heavy atom. The highest BCUT2D eigenvalue weighted by Crippen LogP contribution is 2.28. The third-order valence-corrected chi connectivity index (χ3v) is 5.14. The summed E-state index contributed by atoms with van der Waals surface area (Å²) in [5.41, 5.74) is 0. The Kier molecular flexibility index (Phi) is 6.45. The molecule has 6 nitrogen and oxygen atoms in total. The number of benzene rings is 1. The van der Waals surface area contributed by atoms with Crippen LogP contribution in [0, 0.1) is 0 Å². The summed E-state index contributed by atoms with van der Waals surface area (Å²) in [4.78, 5) is 11.9. The molecule has 1 N–H and O–H groups in total. The molecule has 1 amide bonds. The summed E-state index contributed by atoms with van der Waals surface area (Å²) in [5, 5.41) is 12.9. The largest absolute Gasteiger partial charge is 0.484 e. The molecule has 1 heterocycles. The van der Waals surface area contributed by atoms with Crippen LogP contribution in [0.15, 0.2) is 36.0 Å². The summed E-state index contributed by atoms with van der Waals surface area (Å²) in [6.07, 6.45) is 3.88. The molecule has 9 heteroatoms. The van der Waals surface area contributed by atoms with E-state index in [0.29, 0.717) is 45.1 Å². The highest BCUT2D eigenvalue weighted by atomic mass is 35.5. The highest BCUT2D eigenvalue weighted by molar-refractivity contribution is 7.99. The van der Waals surface area contributed by atoms with Crippen LogP contribution in [0.2, 0.25) is 10.0 Å². The van der Waals surface area contributed by atoms with Crippen LogP contribution >= 0.6 is 35.0 Å². The van der Waals surface area contributed by atoms with Crippen LogP contribution < -0.4 is 10.1 Å². The Labute approximate surface area is 165 Å². The summed E-state index contributed by atoms with van der Waals surface area (Å²) in [5.74, 6) is 1.40. The summed E-state index contributed by atoms with van der Waals surface area (Å²) in [6.45, 7) is 4.45. The molecule has 1 aromatic heterocycles. The molecule has 1 fully saturated rings. The quantitative estimate of drug-likeness (QED) is 0.501. The second kappa shape index (κ2) is 8.79. The Bertz CT molecular complexity index is 808. The second-order valence-electron chi connectivity index (χ2n) is 5.79. The van der Waals surface area contributed by atoms with E-state index in [4.69, 9.17) is 27.9 Å². The Hall–Kier alpha value is -1.70. The molecule has 1 aliphatic carbocycles. The van der Waals surface area contributed by atoms with E-state index in [0.717, 1.165) is 12.8 Å². The number of nitrogens with one attached hydrogen (secondary N) is 1. The first-order valence-electron chi connectivity index (χ1n) is 8.10. The number of nitrogens with zero attached hydrogens (tertiary/aromatic N) is 3. The molecule has 0 atom stereocenters.